The maximum Gasteiger partial charge on any atom is 0.0715 e. The second kappa shape index (κ2) is 16.5. The summed E-state index contributed by atoms with van der Waals surface area (Å²) in [6.45, 7) is 0. The normalized spacial score (nSPS) is 11.0. The van der Waals surface area contributed by atoms with Crippen LogP contribution < -0.4 is 0 Å². The minimum absolute atomic E-state index is 0.936. The molecule has 282 valence electrons. The predicted octanol–water partition coefficient (Wildman–Crippen LogP) is 15.5. The maximum atomic E-state index is 5.25. The SMILES string of the molecule is c1ccc(-c2cc(-c3cccc(-c4cc(-c5ccccc5)nc(-c5ccccc5)c4)c3)cc(-c3cccc(-c4cc(-c5ccccc5)cc(-c5ccccc5)n4)c3)c2)cc1. The lowest BCUT2D eigenvalue weighted by Gasteiger charge is -2.14. The molecule has 2 nitrogen and oxygen atoms in total. The molecule has 0 N–H and O–H groups in total. The Morgan fingerprint density at radius 1 is 0.150 bits per heavy atom. The maximum absolute atomic E-state index is 5.25. The highest BCUT2D eigenvalue weighted by Gasteiger charge is 2.14. The van der Waals surface area contributed by atoms with Crippen molar-refractivity contribution in [3.63, 3.8) is 0 Å². The fraction of sp³-hybridized carbons (Fsp3) is 0. The Hall–Kier alpha value is -7.94. The molecule has 0 radical (unpaired) electrons. The van der Waals surface area contributed by atoms with Gasteiger partial charge in [0.15, 0.2) is 0 Å². The topological polar surface area (TPSA) is 25.8 Å². The number of rotatable bonds is 9. The summed E-state index contributed by atoms with van der Waals surface area (Å²) >= 11 is 0. The van der Waals surface area contributed by atoms with Crippen molar-refractivity contribution in [3.05, 3.63) is 243 Å². The first kappa shape index (κ1) is 36.4. The lowest BCUT2D eigenvalue weighted by atomic mass is 9.91. The molecular weight excluding hydrogens is 725 g/mol. The average molecular weight is 765 g/mol. The fourth-order valence-electron chi connectivity index (χ4n) is 7.94. The number of benzene rings is 8. The molecule has 2 heteroatoms. The van der Waals surface area contributed by atoms with E-state index in [9.17, 15) is 0 Å². The minimum Gasteiger partial charge on any atom is -0.248 e. The first-order valence-corrected chi connectivity index (χ1v) is 20.4. The summed E-state index contributed by atoms with van der Waals surface area (Å²) in [5, 5.41) is 0. The van der Waals surface area contributed by atoms with Gasteiger partial charge in [-0.25, -0.2) is 9.97 Å². The summed E-state index contributed by atoms with van der Waals surface area (Å²) in [7, 11) is 0. The molecule has 0 bridgehead atoms. The molecule has 10 rings (SSSR count). The van der Waals surface area contributed by atoms with Gasteiger partial charge in [0, 0.05) is 22.3 Å². The van der Waals surface area contributed by atoms with Crippen molar-refractivity contribution >= 4 is 0 Å². The van der Waals surface area contributed by atoms with Gasteiger partial charge in [0.05, 0.1) is 22.8 Å². The van der Waals surface area contributed by atoms with Crippen LogP contribution in [-0.2, 0) is 0 Å². The number of aromatic nitrogens is 2. The molecular formula is C58H40N2. The van der Waals surface area contributed by atoms with Crippen molar-refractivity contribution < 1.29 is 0 Å². The zero-order valence-electron chi connectivity index (χ0n) is 33.0. The highest BCUT2D eigenvalue weighted by atomic mass is 14.7. The van der Waals surface area contributed by atoms with Gasteiger partial charge in [-0.15, -0.1) is 0 Å². The minimum atomic E-state index is 0.936. The second-order valence-electron chi connectivity index (χ2n) is 15.0. The molecule has 60 heavy (non-hydrogen) atoms. The monoisotopic (exact) mass is 764 g/mol. The summed E-state index contributed by atoms with van der Waals surface area (Å²) in [4.78, 5) is 10.4. The zero-order chi connectivity index (χ0) is 40.1. The first-order chi connectivity index (χ1) is 29.7. The van der Waals surface area contributed by atoms with E-state index in [2.05, 4.69) is 224 Å². The molecule has 0 saturated heterocycles. The highest BCUT2D eigenvalue weighted by molar-refractivity contribution is 5.86. The molecule has 2 aromatic heterocycles. The van der Waals surface area contributed by atoms with E-state index in [-0.39, 0.29) is 0 Å². The van der Waals surface area contributed by atoms with Crippen molar-refractivity contribution in [2.24, 2.45) is 0 Å². The Balaban J connectivity index is 1.09. The Morgan fingerprint density at radius 2 is 0.367 bits per heavy atom. The molecule has 0 spiro atoms. The van der Waals surface area contributed by atoms with Crippen LogP contribution in [0.1, 0.15) is 0 Å². The fourth-order valence-corrected chi connectivity index (χ4v) is 7.94. The molecule has 8 aromatic carbocycles. The Bertz CT molecular complexity index is 2750. The molecule has 0 aliphatic rings. The van der Waals surface area contributed by atoms with Crippen LogP contribution in [0, 0.1) is 0 Å². The van der Waals surface area contributed by atoms with Crippen LogP contribution >= 0.6 is 0 Å². The Kier molecular flexibility index (Phi) is 10.0. The standard InChI is InChI=1S/C58H40N2/c1-6-18-41(19-7-1)50-34-51(46-28-16-29-47(32-46)54-39-56(44-24-12-4-13-25-44)59-57(40-54)45-26-14-5-15-27-45)36-52(35-50)48-30-17-31-49(33-48)58-38-53(42-20-8-2-9-21-42)37-55(60-58)43-22-10-3-11-23-43/h1-40H. The van der Waals surface area contributed by atoms with Crippen molar-refractivity contribution in [2.75, 3.05) is 0 Å². The third-order valence-corrected chi connectivity index (χ3v) is 11.0. The van der Waals surface area contributed by atoms with Crippen molar-refractivity contribution in [3.8, 4) is 101 Å². The quantitative estimate of drug-likeness (QED) is 0.146. The number of hydrogen-bond acceptors (Lipinski definition) is 2. The number of pyridine rings is 2. The van der Waals surface area contributed by atoms with Crippen LogP contribution in [0.4, 0.5) is 0 Å². The summed E-state index contributed by atoms with van der Waals surface area (Å²) in [6.07, 6.45) is 0. The van der Waals surface area contributed by atoms with E-state index in [0.717, 1.165) is 95.1 Å². The number of hydrogen-bond donors (Lipinski definition) is 0. The van der Waals surface area contributed by atoms with E-state index in [1.54, 1.807) is 0 Å². The molecule has 0 saturated carbocycles. The van der Waals surface area contributed by atoms with Gasteiger partial charge >= 0.3 is 0 Å². The van der Waals surface area contributed by atoms with E-state index < -0.39 is 0 Å². The van der Waals surface area contributed by atoms with Gasteiger partial charge in [-0.05, 0) is 110 Å². The van der Waals surface area contributed by atoms with E-state index in [1.165, 1.54) is 5.56 Å². The largest absolute Gasteiger partial charge is 0.248 e. The molecule has 0 amide bonds. The van der Waals surface area contributed by atoms with Crippen LogP contribution in [0.3, 0.4) is 0 Å². The smallest absolute Gasteiger partial charge is 0.0715 e. The predicted molar refractivity (Wildman–Crippen MR) is 251 cm³/mol. The summed E-state index contributed by atoms with van der Waals surface area (Å²) < 4.78 is 0. The lowest BCUT2D eigenvalue weighted by molar-refractivity contribution is 1.32. The van der Waals surface area contributed by atoms with Gasteiger partial charge in [-0.1, -0.05) is 188 Å². The van der Waals surface area contributed by atoms with Gasteiger partial charge in [0.2, 0.25) is 0 Å². The number of nitrogens with zero attached hydrogens (tertiary/aromatic N) is 2. The molecule has 0 fully saturated rings. The molecule has 10 aromatic rings. The average Bonchev–Trinajstić information content (AvgIpc) is 3.35. The second-order valence-corrected chi connectivity index (χ2v) is 15.0. The molecule has 2 heterocycles. The van der Waals surface area contributed by atoms with Gasteiger partial charge in [-0.3, -0.25) is 0 Å². The highest BCUT2D eigenvalue weighted by Crippen LogP contribution is 2.38. The third kappa shape index (κ3) is 7.83. The lowest BCUT2D eigenvalue weighted by Crippen LogP contribution is -1.92. The van der Waals surface area contributed by atoms with Crippen LogP contribution in [0.2, 0.25) is 0 Å². The Morgan fingerprint density at radius 3 is 0.733 bits per heavy atom. The van der Waals surface area contributed by atoms with E-state index >= 15 is 0 Å². The van der Waals surface area contributed by atoms with E-state index in [1.807, 2.05) is 18.2 Å². The molecule has 0 unspecified atom stereocenters. The molecule has 0 aliphatic carbocycles. The van der Waals surface area contributed by atoms with Crippen molar-refractivity contribution in [1.29, 1.82) is 0 Å². The van der Waals surface area contributed by atoms with Crippen LogP contribution in [-0.4, -0.2) is 9.97 Å². The first-order valence-electron chi connectivity index (χ1n) is 20.4. The van der Waals surface area contributed by atoms with Crippen LogP contribution in [0.15, 0.2) is 243 Å². The van der Waals surface area contributed by atoms with Crippen LogP contribution in [0.25, 0.3) is 101 Å². The molecule has 0 atom stereocenters. The van der Waals surface area contributed by atoms with Crippen molar-refractivity contribution in [2.45, 2.75) is 0 Å². The summed E-state index contributed by atoms with van der Waals surface area (Å²) in [5.74, 6) is 0. The van der Waals surface area contributed by atoms with E-state index in [0.29, 0.717) is 0 Å². The van der Waals surface area contributed by atoms with E-state index in [4.69, 9.17) is 9.97 Å². The summed E-state index contributed by atoms with van der Waals surface area (Å²) in [5.41, 5.74) is 19.6. The zero-order valence-corrected chi connectivity index (χ0v) is 33.0. The Labute approximate surface area is 351 Å². The third-order valence-electron chi connectivity index (χ3n) is 11.0. The van der Waals surface area contributed by atoms with Crippen molar-refractivity contribution in [1.82, 2.24) is 9.97 Å². The van der Waals surface area contributed by atoms with Gasteiger partial charge in [0.1, 0.15) is 0 Å². The van der Waals surface area contributed by atoms with Crippen LogP contribution in [0.5, 0.6) is 0 Å². The molecule has 0 aliphatic heterocycles. The van der Waals surface area contributed by atoms with Gasteiger partial charge in [0.25, 0.3) is 0 Å². The van der Waals surface area contributed by atoms with Gasteiger partial charge < -0.3 is 0 Å². The summed E-state index contributed by atoms with van der Waals surface area (Å²) in [6, 6.07) is 86.0. The van der Waals surface area contributed by atoms with Gasteiger partial charge in [-0.2, -0.15) is 0 Å².